The zero-order valence-electron chi connectivity index (χ0n) is 7.19. The summed E-state index contributed by atoms with van der Waals surface area (Å²) in [6.45, 7) is 7.85. The van der Waals surface area contributed by atoms with Crippen molar-refractivity contribution in [2.75, 3.05) is 0 Å². The molecule has 1 N–H and O–H groups in total. The van der Waals surface area contributed by atoms with Gasteiger partial charge in [0.05, 0.1) is 0 Å². The van der Waals surface area contributed by atoms with Crippen molar-refractivity contribution >= 4 is 5.91 Å². The monoisotopic (exact) mass is 142 g/mol. The predicted molar refractivity (Wildman–Crippen MR) is 42.5 cm³/mol. The van der Waals surface area contributed by atoms with Crippen molar-refractivity contribution in [3.63, 3.8) is 0 Å². The third-order valence-corrected chi connectivity index (χ3v) is 0.888. The third kappa shape index (κ3) is 5.60. The van der Waals surface area contributed by atoms with Crippen LogP contribution in [0.1, 0.15) is 34.1 Å². The minimum absolute atomic E-state index is 0.0231. The molecule has 0 aliphatic heterocycles. The Kier molecular flexibility index (Phi) is 3.40. The number of amides is 1. The van der Waals surface area contributed by atoms with Gasteiger partial charge < -0.3 is 5.32 Å². The first-order valence-electron chi connectivity index (χ1n) is 3.61. The number of hydrogen-bond acceptors (Lipinski definition) is 1. The lowest BCUT2D eigenvalue weighted by molar-refractivity contribution is -0.119. The molecule has 0 aromatic carbocycles. The van der Waals surface area contributed by atoms with E-state index < -0.39 is 0 Å². The summed E-state index contributed by atoms with van der Waals surface area (Å²) in [5, 5.41) is 2.83. The van der Waals surface area contributed by atoms with Crippen LogP contribution in [0.15, 0.2) is 0 Å². The molecule has 59 valence electrons. The van der Waals surface area contributed by atoms with E-state index in [1.807, 2.05) is 27.7 Å². The van der Waals surface area contributed by atoms with E-state index in [0.29, 0.717) is 0 Å². The van der Waals surface area contributed by atoms with Crippen LogP contribution in [0.4, 0.5) is 0 Å². The topological polar surface area (TPSA) is 29.1 Å². The van der Waals surface area contributed by atoms with Crippen LogP contribution in [0.5, 0.6) is 0 Å². The van der Waals surface area contributed by atoms with Gasteiger partial charge in [0.25, 0.3) is 0 Å². The molecule has 0 unspecified atom stereocenters. The van der Waals surface area contributed by atoms with Crippen molar-refractivity contribution in [2.24, 2.45) is 0 Å². The largest absolute Gasteiger partial charge is 0.351 e. The molecular weight excluding hydrogens is 126 g/mol. The van der Waals surface area contributed by atoms with Crippen LogP contribution in [0.2, 0.25) is 0 Å². The molecule has 0 saturated carbocycles. The molecule has 10 heavy (non-hydrogen) atoms. The Hall–Kier alpha value is -0.530. The summed E-state index contributed by atoms with van der Waals surface area (Å²) >= 11 is 0. The van der Waals surface area contributed by atoms with Crippen LogP contribution in [-0.4, -0.2) is 11.4 Å². The van der Waals surface area contributed by atoms with Crippen LogP contribution < -0.4 is 5.32 Å². The number of nitrogens with one attached hydrogen (secondary N) is 1. The van der Waals surface area contributed by atoms with E-state index in [1.165, 1.54) is 0 Å². The second-order valence-electron chi connectivity index (χ2n) is 3.35. The summed E-state index contributed by atoms with van der Waals surface area (Å²) in [4.78, 5) is 10.9. The predicted octanol–water partition coefficient (Wildman–Crippen LogP) is 1.52. The quantitative estimate of drug-likeness (QED) is 0.622. The maximum atomic E-state index is 10.9. The highest BCUT2D eigenvalue weighted by Gasteiger charge is 2.12. The fourth-order valence-electron chi connectivity index (χ4n) is 0.606. The highest BCUT2D eigenvalue weighted by Crippen LogP contribution is 1.99. The van der Waals surface area contributed by atoms with Crippen LogP contribution in [0, 0.1) is 6.42 Å². The van der Waals surface area contributed by atoms with Gasteiger partial charge in [0.1, 0.15) is 0 Å². The van der Waals surface area contributed by atoms with Crippen LogP contribution in [0.25, 0.3) is 0 Å². The second-order valence-corrected chi connectivity index (χ2v) is 3.35. The molecule has 1 amide bonds. The van der Waals surface area contributed by atoms with Gasteiger partial charge >= 0.3 is 0 Å². The normalized spacial score (nSPS) is 11.2. The molecule has 0 saturated heterocycles. The Morgan fingerprint density at radius 3 is 2.30 bits per heavy atom. The van der Waals surface area contributed by atoms with Gasteiger partial charge in [-0.3, -0.25) is 4.79 Å². The van der Waals surface area contributed by atoms with Crippen molar-refractivity contribution in [1.82, 2.24) is 5.32 Å². The van der Waals surface area contributed by atoms with E-state index in [9.17, 15) is 4.79 Å². The molecule has 0 spiro atoms. The van der Waals surface area contributed by atoms with Gasteiger partial charge in [-0.1, -0.05) is 6.92 Å². The van der Waals surface area contributed by atoms with Gasteiger partial charge in [-0.25, -0.2) is 0 Å². The van der Waals surface area contributed by atoms with Crippen LogP contribution in [0.3, 0.4) is 0 Å². The van der Waals surface area contributed by atoms with E-state index in [0.717, 1.165) is 6.42 Å². The number of hydrogen-bond donors (Lipinski definition) is 1. The van der Waals surface area contributed by atoms with Crippen molar-refractivity contribution in [2.45, 2.75) is 39.7 Å². The van der Waals surface area contributed by atoms with Crippen LogP contribution in [-0.2, 0) is 4.79 Å². The SMILES string of the molecule is CC[CH]C(=O)NC(C)(C)C. The van der Waals surface area contributed by atoms with Gasteiger partial charge in [-0.05, 0) is 27.2 Å². The summed E-state index contributed by atoms with van der Waals surface area (Å²) in [6, 6.07) is 0. The highest BCUT2D eigenvalue weighted by molar-refractivity contribution is 5.84. The Labute approximate surface area is 63.0 Å². The standard InChI is InChI=1S/C8H16NO/c1-5-6-7(10)9-8(2,3)4/h6H,5H2,1-4H3,(H,9,10). The lowest BCUT2D eigenvalue weighted by Crippen LogP contribution is -2.40. The molecule has 0 rings (SSSR count). The van der Waals surface area contributed by atoms with E-state index in [2.05, 4.69) is 5.32 Å². The first-order valence-corrected chi connectivity index (χ1v) is 3.61. The summed E-state index contributed by atoms with van der Waals surface area (Å²) in [7, 11) is 0. The van der Waals surface area contributed by atoms with E-state index in [4.69, 9.17) is 0 Å². The summed E-state index contributed by atoms with van der Waals surface area (Å²) < 4.78 is 0. The van der Waals surface area contributed by atoms with Crippen molar-refractivity contribution < 1.29 is 4.79 Å². The lowest BCUT2D eigenvalue weighted by atomic mass is 10.1. The first kappa shape index (κ1) is 9.47. The molecule has 0 aliphatic rings. The number of carbonyl (C=O) groups is 1. The van der Waals surface area contributed by atoms with Crippen molar-refractivity contribution in [3.8, 4) is 0 Å². The Morgan fingerprint density at radius 1 is 1.50 bits per heavy atom. The average Bonchev–Trinajstić information content (AvgIpc) is 1.59. The minimum atomic E-state index is -0.108. The Balaban J connectivity index is 3.58. The molecule has 0 aromatic heterocycles. The van der Waals surface area contributed by atoms with E-state index in [-0.39, 0.29) is 11.4 Å². The molecule has 0 fully saturated rings. The smallest absolute Gasteiger partial charge is 0.224 e. The Bertz CT molecular complexity index is 113. The summed E-state index contributed by atoms with van der Waals surface area (Å²) in [5.41, 5.74) is -0.108. The molecule has 2 nitrogen and oxygen atoms in total. The zero-order chi connectivity index (χ0) is 8.20. The third-order valence-electron chi connectivity index (χ3n) is 0.888. The van der Waals surface area contributed by atoms with Gasteiger partial charge in [-0.15, -0.1) is 0 Å². The molecule has 0 aliphatic carbocycles. The van der Waals surface area contributed by atoms with Crippen molar-refractivity contribution in [1.29, 1.82) is 0 Å². The highest BCUT2D eigenvalue weighted by atomic mass is 16.1. The number of carbonyl (C=O) groups excluding carboxylic acids is 1. The second kappa shape index (κ2) is 3.59. The minimum Gasteiger partial charge on any atom is -0.351 e. The molecular formula is C8H16NO. The molecule has 0 heterocycles. The average molecular weight is 142 g/mol. The molecule has 2 heteroatoms. The molecule has 0 atom stereocenters. The van der Waals surface area contributed by atoms with Gasteiger partial charge in [-0.2, -0.15) is 0 Å². The first-order chi connectivity index (χ1) is 4.45. The fourth-order valence-corrected chi connectivity index (χ4v) is 0.606. The van der Waals surface area contributed by atoms with Crippen LogP contribution >= 0.6 is 0 Å². The Morgan fingerprint density at radius 2 is 2.00 bits per heavy atom. The maximum Gasteiger partial charge on any atom is 0.224 e. The van der Waals surface area contributed by atoms with Gasteiger partial charge in [0.15, 0.2) is 0 Å². The molecule has 0 bridgehead atoms. The summed E-state index contributed by atoms with van der Waals surface area (Å²) in [5.74, 6) is 0.0231. The molecule has 0 aromatic rings. The zero-order valence-corrected chi connectivity index (χ0v) is 7.19. The lowest BCUT2D eigenvalue weighted by Gasteiger charge is -2.19. The van der Waals surface area contributed by atoms with E-state index >= 15 is 0 Å². The fraction of sp³-hybridized carbons (Fsp3) is 0.750. The maximum absolute atomic E-state index is 10.9. The number of rotatable bonds is 2. The van der Waals surface area contributed by atoms with Gasteiger partial charge in [0, 0.05) is 12.0 Å². The molecule has 1 radical (unpaired) electrons. The van der Waals surface area contributed by atoms with Crippen molar-refractivity contribution in [3.05, 3.63) is 6.42 Å². The van der Waals surface area contributed by atoms with Gasteiger partial charge in [0.2, 0.25) is 5.91 Å². The summed E-state index contributed by atoms with van der Waals surface area (Å²) in [6.07, 6.45) is 2.44. The van der Waals surface area contributed by atoms with E-state index in [1.54, 1.807) is 6.42 Å².